The monoisotopic (exact) mass is 284 g/mol. The Balaban J connectivity index is 2.16. The van der Waals surface area contributed by atoms with Crippen molar-refractivity contribution in [1.29, 1.82) is 0 Å². The Labute approximate surface area is 121 Å². The number of amides is 1. The van der Waals surface area contributed by atoms with E-state index in [1.54, 1.807) is 0 Å². The van der Waals surface area contributed by atoms with Gasteiger partial charge in [0.2, 0.25) is 5.91 Å². The van der Waals surface area contributed by atoms with Gasteiger partial charge in [0.1, 0.15) is 0 Å². The molecule has 1 fully saturated rings. The Hall–Kier alpha value is -1.10. The second kappa shape index (κ2) is 8.95. The Morgan fingerprint density at radius 2 is 2.00 bits per heavy atom. The number of likely N-dealkylation sites (tertiary alicyclic amines) is 1. The first kappa shape index (κ1) is 17.0. The van der Waals surface area contributed by atoms with E-state index in [1.165, 1.54) is 0 Å². The van der Waals surface area contributed by atoms with Gasteiger partial charge in [-0.15, -0.1) is 0 Å². The topological polar surface area (TPSA) is 72.6 Å². The molecule has 0 aliphatic carbocycles. The van der Waals surface area contributed by atoms with Crippen LogP contribution >= 0.6 is 0 Å². The van der Waals surface area contributed by atoms with Gasteiger partial charge in [-0.25, -0.2) is 0 Å². The summed E-state index contributed by atoms with van der Waals surface area (Å²) in [7, 11) is 0. The van der Waals surface area contributed by atoms with Crippen molar-refractivity contribution < 1.29 is 14.3 Å². The molecular formula is C15H28N2O3. The van der Waals surface area contributed by atoms with Gasteiger partial charge >= 0.3 is 5.97 Å². The second-order valence-corrected chi connectivity index (χ2v) is 5.64. The summed E-state index contributed by atoms with van der Waals surface area (Å²) in [4.78, 5) is 24.8. The van der Waals surface area contributed by atoms with E-state index in [-0.39, 0.29) is 17.8 Å². The summed E-state index contributed by atoms with van der Waals surface area (Å²) >= 11 is 0. The van der Waals surface area contributed by atoms with Gasteiger partial charge < -0.3 is 10.5 Å². The third kappa shape index (κ3) is 5.90. The molecule has 0 radical (unpaired) electrons. The maximum absolute atomic E-state index is 11.3. The SMILES string of the molecule is CCOC(=O)CCCCCN1CC(C(N)=O)CCC1C. The van der Waals surface area contributed by atoms with Crippen molar-refractivity contribution in [3.05, 3.63) is 0 Å². The van der Waals surface area contributed by atoms with Crippen LogP contribution in [0.4, 0.5) is 0 Å². The lowest BCUT2D eigenvalue weighted by molar-refractivity contribution is -0.143. The number of piperidine rings is 1. The van der Waals surface area contributed by atoms with E-state index in [1.807, 2.05) is 6.92 Å². The Kier molecular flexibility index (Phi) is 7.59. The lowest BCUT2D eigenvalue weighted by Gasteiger charge is -2.36. The summed E-state index contributed by atoms with van der Waals surface area (Å²) in [5.41, 5.74) is 5.40. The highest BCUT2D eigenvalue weighted by Gasteiger charge is 2.27. The van der Waals surface area contributed by atoms with Crippen molar-refractivity contribution in [1.82, 2.24) is 4.90 Å². The number of esters is 1. The van der Waals surface area contributed by atoms with Gasteiger partial charge in [-0.05, 0) is 46.1 Å². The van der Waals surface area contributed by atoms with Crippen molar-refractivity contribution in [2.24, 2.45) is 11.7 Å². The normalized spacial score (nSPS) is 23.5. The molecule has 2 atom stereocenters. The molecule has 0 aromatic carbocycles. The largest absolute Gasteiger partial charge is 0.466 e. The Bertz CT molecular complexity index is 320. The zero-order chi connectivity index (χ0) is 15.0. The zero-order valence-corrected chi connectivity index (χ0v) is 12.8. The second-order valence-electron chi connectivity index (χ2n) is 5.64. The van der Waals surface area contributed by atoms with Gasteiger partial charge in [-0.2, -0.15) is 0 Å². The zero-order valence-electron chi connectivity index (χ0n) is 12.8. The van der Waals surface area contributed by atoms with Crippen molar-refractivity contribution in [2.45, 2.75) is 58.4 Å². The van der Waals surface area contributed by atoms with Crippen molar-refractivity contribution in [2.75, 3.05) is 19.7 Å². The minimum Gasteiger partial charge on any atom is -0.466 e. The molecule has 5 heteroatoms. The van der Waals surface area contributed by atoms with E-state index in [0.717, 1.165) is 45.2 Å². The highest BCUT2D eigenvalue weighted by Crippen LogP contribution is 2.22. The van der Waals surface area contributed by atoms with Gasteiger partial charge in [0.05, 0.1) is 12.5 Å². The molecule has 0 saturated carbocycles. The number of unbranched alkanes of at least 4 members (excludes halogenated alkanes) is 2. The summed E-state index contributed by atoms with van der Waals surface area (Å²) in [6, 6.07) is 0.524. The molecular weight excluding hydrogens is 256 g/mol. The van der Waals surface area contributed by atoms with E-state index in [4.69, 9.17) is 10.5 Å². The van der Waals surface area contributed by atoms with E-state index in [2.05, 4.69) is 11.8 Å². The first-order valence-electron chi connectivity index (χ1n) is 7.73. The first-order valence-corrected chi connectivity index (χ1v) is 7.73. The van der Waals surface area contributed by atoms with E-state index >= 15 is 0 Å². The number of carbonyl (C=O) groups excluding carboxylic acids is 2. The van der Waals surface area contributed by atoms with Gasteiger partial charge in [0.15, 0.2) is 0 Å². The molecule has 2 N–H and O–H groups in total. The standard InChI is InChI=1S/C15H28N2O3/c1-3-20-14(18)7-5-4-6-10-17-11-13(15(16)19)9-8-12(17)2/h12-13H,3-11H2,1-2H3,(H2,16,19). The van der Waals surface area contributed by atoms with Crippen LogP contribution in [0.3, 0.4) is 0 Å². The fourth-order valence-corrected chi connectivity index (χ4v) is 2.72. The van der Waals surface area contributed by atoms with Gasteiger partial charge in [0, 0.05) is 19.0 Å². The molecule has 0 spiro atoms. The van der Waals surface area contributed by atoms with Gasteiger partial charge in [-0.3, -0.25) is 14.5 Å². The van der Waals surface area contributed by atoms with Crippen molar-refractivity contribution >= 4 is 11.9 Å². The number of nitrogens with zero attached hydrogens (tertiary/aromatic N) is 1. The lowest BCUT2D eigenvalue weighted by atomic mass is 9.92. The molecule has 1 rings (SSSR count). The molecule has 1 aliphatic heterocycles. The molecule has 1 saturated heterocycles. The molecule has 1 amide bonds. The van der Waals surface area contributed by atoms with Crippen LogP contribution in [0.1, 0.15) is 52.4 Å². The predicted molar refractivity (Wildman–Crippen MR) is 78.1 cm³/mol. The van der Waals surface area contributed by atoms with Crippen LogP contribution in [-0.4, -0.2) is 42.5 Å². The maximum atomic E-state index is 11.3. The summed E-state index contributed by atoms with van der Waals surface area (Å²) in [6.45, 7) is 6.25. The smallest absolute Gasteiger partial charge is 0.305 e. The van der Waals surface area contributed by atoms with Crippen LogP contribution in [0.15, 0.2) is 0 Å². The van der Waals surface area contributed by atoms with E-state index in [0.29, 0.717) is 19.1 Å². The maximum Gasteiger partial charge on any atom is 0.305 e. The molecule has 5 nitrogen and oxygen atoms in total. The van der Waals surface area contributed by atoms with Crippen LogP contribution in [0.25, 0.3) is 0 Å². The minimum absolute atomic E-state index is 0.00531. The number of ether oxygens (including phenoxy) is 1. The fourth-order valence-electron chi connectivity index (χ4n) is 2.72. The van der Waals surface area contributed by atoms with Gasteiger partial charge in [0.25, 0.3) is 0 Å². The summed E-state index contributed by atoms with van der Waals surface area (Å²) in [5.74, 6) is -0.275. The molecule has 2 unspecified atom stereocenters. The van der Waals surface area contributed by atoms with Crippen LogP contribution in [0, 0.1) is 5.92 Å². The molecule has 0 bridgehead atoms. The molecule has 20 heavy (non-hydrogen) atoms. The van der Waals surface area contributed by atoms with Crippen LogP contribution < -0.4 is 5.73 Å². The Morgan fingerprint density at radius 1 is 1.25 bits per heavy atom. The van der Waals surface area contributed by atoms with Crippen LogP contribution in [0.2, 0.25) is 0 Å². The quantitative estimate of drug-likeness (QED) is 0.544. The Morgan fingerprint density at radius 3 is 2.65 bits per heavy atom. The van der Waals surface area contributed by atoms with Crippen molar-refractivity contribution in [3.63, 3.8) is 0 Å². The van der Waals surface area contributed by atoms with E-state index in [9.17, 15) is 9.59 Å². The highest BCUT2D eigenvalue weighted by molar-refractivity contribution is 5.77. The molecule has 1 heterocycles. The number of nitrogens with two attached hydrogens (primary N) is 1. The summed E-state index contributed by atoms with van der Waals surface area (Å²) in [5, 5.41) is 0. The molecule has 116 valence electrons. The van der Waals surface area contributed by atoms with Gasteiger partial charge in [-0.1, -0.05) is 6.42 Å². The predicted octanol–water partition coefficient (Wildman–Crippen LogP) is 1.70. The average molecular weight is 284 g/mol. The first-order chi connectivity index (χ1) is 9.54. The molecule has 0 aromatic heterocycles. The molecule has 1 aliphatic rings. The number of hydrogen-bond acceptors (Lipinski definition) is 4. The third-order valence-electron chi connectivity index (χ3n) is 4.05. The number of primary amides is 1. The minimum atomic E-state index is -0.177. The van der Waals surface area contributed by atoms with E-state index < -0.39 is 0 Å². The number of carbonyl (C=O) groups is 2. The summed E-state index contributed by atoms with van der Waals surface area (Å²) in [6.07, 6.45) is 5.40. The summed E-state index contributed by atoms with van der Waals surface area (Å²) < 4.78 is 4.90. The highest BCUT2D eigenvalue weighted by atomic mass is 16.5. The lowest BCUT2D eigenvalue weighted by Crippen LogP contribution is -2.46. The number of rotatable bonds is 8. The third-order valence-corrected chi connectivity index (χ3v) is 4.05. The van der Waals surface area contributed by atoms with Crippen molar-refractivity contribution in [3.8, 4) is 0 Å². The average Bonchev–Trinajstić information content (AvgIpc) is 2.40. The number of hydrogen-bond donors (Lipinski definition) is 1. The molecule has 0 aromatic rings. The van der Waals surface area contributed by atoms with Crippen LogP contribution in [-0.2, 0) is 14.3 Å². The fraction of sp³-hybridized carbons (Fsp3) is 0.867. The van der Waals surface area contributed by atoms with Crippen LogP contribution in [0.5, 0.6) is 0 Å².